The summed E-state index contributed by atoms with van der Waals surface area (Å²) in [6.07, 6.45) is 8.31. The van der Waals surface area contributed by atoms with Crippen molar-refractivity contribution < 1.29 is 0 Å². The minimum absolute atomic E-state index is 1.18. The molecular weight excluding hydrogens is 208 g/mol. The van der Waals surface area contributed by atoms with Gasteiger partial charge in [0.05, 0.1) is 0 Å². The standard InChI is InChI=1S/C13H22N2.C2H6/c1-3-12-6-4-5-7-13(12)15-10-8-14(2)9-11-15;1-2/h4,6H,3,5,7-11H2,1-2H3;1-2H3. The summed E-state index contributed by atoms with van der Waals surface area (Å²) < 4.78 is 0. The van der Waals surface area contributed by atoms with Crippen molar-refractivity contribution in [2.75, 3.05) is 33.2 Å². The van der Waals surface area contributed by atoms with Gasteiger partial charge in [-0.05, 0) is 31.9 Å². The van der Waals surface area contributed by atoms with Crippen LogP contribution < -0.4 is 0 Å². The molecule has 0 aromatic rings. The molecule has 98 valence electrons. The third kappa shape index (κ3) is 3.88. The molecule has 1 saturated heterocycles. The Labute approximate surface area is 107 Å². The Bertz CT molecular complexity index is 271. The van der Waals surface area contributed by atoms with E-state index in [-0.39, 0.29) is 0 Å². The summed E-state index contributed by atoms with van der Waals surface area (Å²) in [6, 6.07) is 0. The van der Waals surface area contributed by atoms with Gasteiger partial charge in [0.1, 0.15) is 0 Å². The van der Waals surface area contributed by atoms with Gasteiger partial charge in [-0.25, -0.2) is 0 Å². The highest BCUT2D eigenvalue weighted by Crippen LogP contribution is 2.25. The predicted molar refractivity (Wildman–Crippen MR) is 76.1 cm³/mol. The largest absolute Gasteiger partial charge is 0.372 e. The topological polar surface area (TPSA) is 6.48 Å². The van der Waals surface area contributed by atoms with Gasteiger partial charge in [-0.2, -0.15) is 0 Å². The Balaban J connectivity index is 0.000000686. The Hall–Kier alpha value is -0.760. The molecule has 1 heterocycles. The van der Waals surface area contributed by atoms with Gasteiger partial charge < -0.3 is 9.80 Å². The molecule has 1 fully saturated rings. The van der Waals surface area contributed by atoms with E-state index in [1.807, 2.05) is 13.8 Å². The van der Waals surface area contributed by atoms with Gasteiger partial charge in [0, 0.05) is 31.9 Å². The number of hydrogen-bond donors (Lipinski definition) is 0. The Kier molecular flexibility index (Phi) is 6.35. The lowest BCUT2D eigenvalue weighted by molar-refractivity contribution is 0.181. The third-order valence-corrected chi connectivity index (χ3v) is 3.50. The predicted octanol–water partition coefficient (Wildman–Crippen LogP) is 3.27. The van der Waals surface area contributed by atoms with Crippen LogP contribution >= 0.6 is 0 Å². The minimum Gasteiger partial charge on any atom is -0.372 e. The van der Waals surface area contributed by atoms with Crippen molar-refractivity contribution in [1.29, 1.82) is 0 Å². The molecular formula is C15H28N2. The van der Waals surface area contributed by atoms with E-state index in [2.05, 4.69) is 35.9 Å². The first-order valence-electron chi connectivity index (χ1n) is 7.13. The Morgan fingerprint density at radius 2 is 1.76 bits per heavy atom. The van der Waals surface area contributed by atoms with E-state index in [9.17, 15) is 0 Å². The van der Waals surface area contributed by atoms with Crippen LogP contribution in [0.4, 0.5) is 0 Å². The molecule has 0 aromatic heterocycles. The molecule has 0 radical (unpaired) electrons. The smallest absolute Gasteiger partial charge is 0.0303 e. The number of piperazine rings is 1. The molecule has 0 N–H and O–H groups in total. The first-order chi connectivity index (χ1) is 8.31. The van der Waals surface area contributed by atoms with Gasteiger partial charge in [-0.15, -0.1) is 0 Å². The molecule has 0 aromatic carbocycles. The quantitative estimate of drug-likeness (QED) is 0.726. The van der Waals surface area contributed by atoms with Gasteiger partial charge in [-0.3, -0.25) is 0 Å². The average molecular weight is 236 g/mol. The van der Waals surface area contributed by atoms with Crippen molar-refractivity contribution >= 4 is 0 Å². The summed E-state index contributed by atoms with van der Waals surface area (Å²) >= 11 is 0. The lowest BCUT2D eigenvalue weighted by Crippen LogP contribution is -2.44. The zero-order valence-electron chi connectivity index (χ0n) is 12.0. The van der Waals surface area contributed by atoms with Gasteiger partial charge in [-0.1, -0.05) is 32.9 Å². The molecule has 0 spiro atoms. The fourth-order valence-corrected chi connectivity index (χ4v) is 2.46. The van der Waals surface area contributed by atoms with Crippen LogP contribution in [0.5, 0.6) is 0 Å². The van der Waals surface area contributed by atoms with E-state index >= 15 is 0 Å². The van der Waals surface area contributed by atoms with Crippen LogP contribution in [-0.4, -0.2) is 43.0 Å². The summed E-state index contributed by atoms with van der Waals surface area (Å²) in [5.74, 6) is 0. The van der Waals surface area contributed by atoms with Gasteiger partial charge >= 0.3 is 0 Å². The van der Waals surface area contributed by atoms with Crippen LogP contribution in [0.25, 0.3) is 0 Å². The molecule has 2 nitrogen and oxygen atoms in total. The lowest BCUT2D eigenvalue weighted by Gasteiger charge is -2.37. The molecule has 1 aliphatic heterocycles. The molecule has 0 bridgehead atoms. The van der Waals surface area contributed by atoms with Crippen LogP contribution in [0.1, 0.15) is 40.0 Å². The van der Waals surface area contributed by atoms with Crippen LogP contribution in [0.15, 0.2) is 23.4 Å². The normalized spacial score (nSPS) is 21.3. The molecule has 2 rings (SSSR count). The maximum atomic E-state index is 2.60. The second kappa shape index (κ2) is 7.54. The van der Waals surface area contributed by atoms with Crippen LogP contribution in [0.3, 0.4) is 0 Å². The highest BCUT2D eigenvalue weighted by molar-refractivity contribution is 5.28. The zero-order chi connectivity index (χ0) is 12.7. The highest BCUT2D eigenvalue weighted by atomic mass is 15.2. The second-order valence-electron chi connectivity index (χ2n) is 4.56. The molecule has 0 saturated carbocycles. The number of rotatable bonds is 2. The molecule has 1 aliphatic carbocycles. The summed E-state index contributed by atoms with van der Waals surface area (Å²) in [7, 11) is 2.22. The number of nitrogens with zero attached hydrogens (tertiary/aromatic N) is 2. The molecule has 0 amide bonds. The van der Waals surface area contributed by atoms with Gasteiger partial charge in [0.25, 0.3) is 0 Å². The van der Waals surface area contributed by atoms with Crippen molar-refractivity contribution in [2.45, 2.75) is 40.0 Å². The van der Waals surface area contributed by atoms with Crippen LogP contribution in [0.2, 0.25) is 0 Å². The molecule has 17 heavy (non-hydrogen) atoms. The van der Waals surface area contributed by atoms with E-state index in [1.54, 1.807) is 11.3 Å². The average Bonchev–Trinajstić information content (AvgIpc) is 2.42. The summed E-state index contributed by atoms with van der Waals surface area (Å²) in [6.45, 7) is 11.1. The highest BCUT2D eigenvalue weighted by Gasteiger charge is 2.18. The van der Waals surface area contributed by atoms with Crippen LogP contribution in [0, 0.1) is 0 Å². The Morgan fingerprint density at radius 1 is 1.12 bits per heavy atom. The van der Waals surface area contributed by atoms with E-state index in [0.717, 1.165) is 0 Å². The minimum atomic E-state index is 1.18. The first-order valence-corrected chi connectivity index (χ1v) is 7.13. The lowest BCUT2D eigenvalue weighted by atomic mass is 9.99. The van der Waals surface area contributed by atoms with Crippen molar-refractivity contribution in [1.82, 2.24) is 9.80 Å². The molecule has 2 aliphatic rings. The monoisotopic (exact) mass is 236 g/mol. The molecule has 0 atom stereocenters. The Morgan fingerprint density at radius 3 is 2.35 bits per heavy atom. The van der Waals surface area contributed by atoms with Gasteiger partial charge in [0.2, 0.25) is 0 Å². The van der Waals surface area contributed by atoms with Crippen molar-refractivity contribution in [3.63, 3.8) is 0 Å². The van der Waals surface area contributed by atoms with E-state index in [1.165, 1.54) is 45.4 Å². The van der Waals surface area contributed by atoms with Crippen molar-refractivity contribution in [3.8, 4) is 0 Å². The molecule has 0 unspecified atom stereocenters. The summed E-state index contributed by atoms with van der Waals surface area (Å²) in [4.78, 5) is 5.02. The second-order valence-corrected chi connectivity index (χ2v) is 4.56. The number of allylic oxidation sites excluding steroid dienone is 4. The number of likely N-dealkylation sites (N-methyl/N-ethyl adjacent to an activating group) is 1. The van der Waals surface area contributed by atoms with Crippen LogP contribution in [-0.2, 0) is 0 Å². The fourth-order valence-electron chi connectivity index (χ4n) is 2.46. The third-order valence-electron chi connectivity index (χ3n) is 3.50. The van der Waals surface area contributed by atoms with Gasteiger partial charge in [0.15, 0.2) is 0 Å². The zero-order valence-corrected chi connectivity index (χ0v) is 12.0. The first kappa shape index (κ1) is 14.3. The van der Waals surface area contributed by atoms with E-state index in [0.29, 0.717) is 0 Å². The van der Waals surface area contributed by atoms with E-state index in [4.69, 9.17) is 0 Å². The molecule has 2 heteroatoms. The van der Waals surface area contributed by atoms with Crippen molar-refractivity contribution in [3.05, 3.63) is 23.4 Å². The maximum Gasteiger partial charge on any atom is 0.0303 e. The SMILES string of the molecule is CC.CCC1=C(N2CCN(C)CC2)CCC=C1. The summed E-state index contributed by atoms with van der Waals surface area (Å²) in [5, 5.41) is 0. The van der Waals surface area contributed by atoms with Crippen molar-refractivity contribution in [2.24, 2.45) is 0 Å². The summed E-state index contributed by atoms with van der Waals surface area (Å²) in [5.41, 5.74) is 3.18. The number of hydrogen-bond acceptors (Lipinski definition) is 2. The van der Waals surface area contributed by atoms with E-state index < -0.39 is 0 Å². The fraction of sp³-hybridized carbons (Fsp3) is 0.733. The maximum absolute atomic E-state index is 2.60.